The maximum absolute atomic E-state index is 13.2. The van der Waals surface area contributed by atoms with E-state index in [4.69, 9.17) is 4.74 Å². The van der Waals surface area contributed by atoms with Crippen molar-refractivity contribution in [2.75, 3.05) is 17.8 Å². The van der Waals surface area contributed by atoms with Gasteiger partial charge in [0.1, 0.15) is 5.75 Å². The highest BCUT2D eigenvalue weighted by Gasteiger charge is 2.21. The minimum atomic E-state index is -0.122. The molecule has 0 radical (unpaired) electrons. The Hall–Kier alpha value is -1.92. The van der Waals surface area contributed by atoms with Gasteiger partial charge in [-0.25, -0.2) is 0 Å². The summed E-state index contributed by atoms with van der Waals surface area (Å²) in [5.74, 6) is 1.78. The number of hydrogen-bond donors (Lipinski definition) is 1. The normalized spacial score (nSPS) is 13.1. The lowest BCUT2D eigenvalue weighted by molar-refractivity contribution is 0.102. The van der Waals surface area contributed by atoms with Crippen molar-refractivity contribution in [3.8, 4) is 5.75 Å². The fourth-order valence-electron chi connectivity index (χ4n) is 4.95. The smallest absolute Gasteiger partial charge is 0.255 e. The SMILES string of the molecule is Br.CCCCCCCCCCCCOc1ccc(C(=O)Nc2cccc(CN3C=C(C)SC3)c2)cc1C(C)(C)C. The number of ether oxygens (including phenoxy) is 1. The highest BCUT2D eigenvalue weighted by molar-refractivity contribution is 8.93. The number of rotatable bonds is 16. The number of allylic oxidation sites excluding steroid dienone is 1. The molecule has 3 rings (SSSR count). The van der Waals surface area contributed by atoms with Gasteiger partial charge in [0.25, 0.3) is 5.91 Å². The third kappa shape index (κ3) is 11.9. The van der Waals surface area contributed by atoms with Crippen LogP contribution in [0.4, 0.5) is 5.69 Å². The molecular formula is C34H51BrN2O2S. The zero-order valence-corrected chi connectivity index (χ0v) is 27.9. The first-order chi connectivity index (χ1) is 18.8. The summed E-state index contributed by atoms with van der Waals surface area (Å²) in [6.07, 6.45) is 15.3. The number of carbonyl (C=O) groups excluding carboxylic acids is 1. The Morgan fingerprint density at radius 1 is 0.950 bits per heavy atom. The largest absolute Gasteiger partial charge is 0.493 e. The third-order valence-electron chi connectivity index (χ3n) is 7.20. The Morgan fingerprint density at radius 3 is 2.25 bits per heavy atom. The molecule has 0 unspecified atom stereocenters. The van der Waals surface area contributed by atoms with E-state index in [0.717, 1.165) is 42.4 Å². The van der Waals surface area contributed by atoms with E-state index in [1.54, 1.807) is 0 Å². The Morgan fingerprint density at radius 2 is 1.62 bits per heavy atom. The van der Waals surface area contributed by atoms with E-state index in [-0.39, 0.29) is 28.3 Å². The molecule has 0 aromatic heterocycles. The van der Waals surface area contributed by atoms with Gasteiger partial charge in [0, 0.05) is 29.6 Å². The molecule has 1 heterocycles. The summed E-state index contributed by atoms with van der Waals surface area (Å²) in [5, 5.41) is 3.10. The minimum Gasteiger partial charge on any atom is -0.493 e. The fraction of sp³-hybridized carbons (Fsp3) is 0.559. The number of nitrogens with one attached hydrogen (secondary N) is 1. The van der Waals surface area contributed by atoms with Crippen LogP contribution in [0.3, 0.4) is 0 Å². The summed E-state index contributed by atoms with van der Waals surface area (Å²) in [5.41, 5.74) is 3.62. The van der Waals surface area contributed by atoms with E-state index in [0.29, 0.717) is 5.56 Å². The van der Waals surface area contributed by atoms with Crippen molar-refractivity contribution in [1.82, 2.24) is 4.90 Å². The van der Waals surface area contributed by atoms with Gasteiger partial charge in [0.2, 0.25) is 0 Å². The number of halogens is 1. The first-order valence-corrected chi connectivity index (χ1v) is 16.0. The second-order valence-electron chi connectivity index (χ2n) is 11.9. The molecule has 6 heteroatoms. The van der Waals surface area contributed by atoms with Crippen LogP contribution in [0.25, 0.3) is 0 Å². The maximum Gasteiger partial charge on any atom is 0.255 e. The lowest BCUT2D eigenvalue weighted by Crippen LogP contribution is -2.18. The number of unbranched alkanes of at least 4 members (excludes halogenated alkanes) is 9. The van der Waals surface area contributed by atoms with Crippen molar-refractivity contribution < 1.29 is 9.53 Å². The molecular weight excluding hydrogens is 580 g/mol. The van der Waals surface area contributed by atoms with Crippen LogP contribution in [0, 0.1) is 0 Å². The van der Waals surface area contributed by atoms with Gasteiger partial charge in [0.05, 0.1) is 12.5 Å². The van der Waals surface area contributed by atoms with Gasteiger partial charge in [-0.05, 0) is 59.6 Å². The molecule has 1 aliphatic heterocycles. The predicted molar refractivity (Wildman–Crippen MR) is 179 cm³/mol. The number of hydrogen-bond acceptors (Lipinski definition) is 4. The fourth-order valence-corrected chi connectivity index (χ4v) is 5.71. The standard InChI is InChI=1S/C34H50N2O2S.BrH/c1-6-7-8-9-10-11-12-13-14-15-21-38-32-20-19-29(23-31(32)34(3,4)5)33(37)35-30-18-16-17-28(22-30)25-36-24-27(2)39-26-36;/h16-20,22-24H,6-15,21,25-26H2,1-5H3,(H,35,37);1H. The monoisotopic (exact) mass is 630 g/mol. The highest BCUT2D eigenvalue weighted by atomic mass is 79.9. The molecule has 0 aliphatic carbocycles. The number of nitrogens with zero attached hydrogens (tertiary/aromatic N) is 1. The van der Waals surface area contributed by atoms with Gasteiger partial charge >= 0.3 is 0 Å². The molecule has 2 aromatic rings. The van der Waals surface area contributed by atoms with Gasteiger partial charge in [-0.1, -0.05) is 97.6 Å². The van der Waals surface area contributed by atoms with Gasteiger partial charge in [-0.2, -0.15) is 0 Å². The second kappa shape index (κ2) is 17.8. The Bertz CT molecular complexity index is 1080. The van der Waals surface area contributed by atoms with Crippen LogP contribution in [0.15, 0.2) is 53.6 Å². The Labute approximate surface area is 258 Å². The maximum atomic E-state index is 13.2. The van der Waals surface area contributed by atoms with E-state index in [9.17, 15) is 4.79 Å². The quantitative estimate of drug-likeness (QED) is 0.187. The van der Waals surface area contributed by atoms with Crippen molar-refractivity contribution in [3.05, 3.63) is 70.3 Å². The van der Waals surface area contributed by atoms with Crippen LogP contribution in [0.5, 0.6) is 5.75 Å². The number of benzene rings is 2. The van der Waals surface area contributed by atoms with Crippen molar-refractivity contribution in [2.24, 2.45) is 0 Å². The molecule has 1 aliphatic rings. The Kier molecular flexibility index (Phi) is 15.3. The molecule has 0 fully saturated rings. The number of thioether (sulfide) groups is 1. The van der Waals surface area contributed by atoms with Crippen LogP contribution in [0.1, 0.15) is 120 Å². The molecule has 0 saturated heterocycles. The molecule has 0 spiro atoms. The summed E-state index contributed by atoms with van der Waals surface area (Å²) in [6, 6.07) is 14.0. The number of anilines is 1. The van der Waals surface area contributed by atoms with Crippen LogP contribution in [0.2, 0.25) is 0 Å². The zero-order valence-electron chi connectivity index (χ0n) is 25.4. The summed E-state index contributed by atoms with van der Waals surface area (Å²) in [6.45, 7) is 12.5. The van der Waals surface area contributed by atoms with E-state index >= 15 is 0 Å². The molecule has 0 atom stereocenters. The average molecular weight is 632 g/mol. The highest BCUT2D eigenvalue weighted by Crippen LogP contribution is 2.33. The molecule has 0 bridgehead atoms. The molecule has 1 amide bonds. The van der Waals surface area contributed by atoms with Gasteiger partial charge in [-0.15, -0.1) is 28.7 Å². The molecule has 1 N–H and O–H groups in total. The lowest BCUT2D eigenvalue weighted by Gasteiger charge is -2.24. The number of amides is 1. The van der Waals surface area contributed by atoms with Crippen LogP contribution >= 0.6 is 28.7 Å². The zero-order chi connectivity index (χ0) is 28.1. The molecule has 4 nitrogen and oxygen atoms in total. The first-order valence-electron chi connectivity index (χ1n) is 15.0. The summed E-state index contributed by atoms with van der Waals surface area (Å²) >= 11 is 1.86. The van der Waals surface area contributed by atoms with Crippen molar-refractivity contribution >= 4 is 40.3 Å². The third-order valence-corrected chi connectivity index (χ3v) is 8.22. The topological polar surface area (TPSA) is 41.6 Å². The van der Waals surface area contributed by atoms with Gasteiger partial charge < -0.3 is 15.0 Å². The molecule has 2 aromatic carbocycles. The molecule has 40 heavy (non-hydrogen) atoms. The van der Waals surface area contributed by atoms with E-state index in [1.165, 1.54) is 68.3 Å². The summed E-state index contributed by atoms with van der Waals surface area (Å²) < 4.78 is 6.23. The van der Waals surface area contributed by atoms with Crippen LogP contribution in [-0.2, 0) is 12.0 Å². The van der Waals surface area contributed by atoms with Crippen molar-refractivity contribution in [3.63, 3.8) is 0 Å². The van der Waals surface area contributed by atoms with Crippen molar-refractivity contribution in [2.45, 2.75) is 111 Å². The molecule has 222 valence electrons. The predicted octanol–water partition coefficient (Wildman–Crippen LogP) is 10.5. The second-order valence-corrected chi connectivity index (χ2v) is 13.1. The van der Waals surface area contributed by atoms with E-state index in [1.807, 2.05) is 42.1 Å². The van der Waals surface area contributed by atoms with Gasteiger partial charge in [0.15, 0.2) is 0 Å². The van der Waals surface area contributed by atoms with Crippen LogP contribution in [-0.4, -0.2) is 23.3 Å². The Balaban J connectivity index is 0.00000560. The average Bonchev–Trinajstić information content (AvgIpc) is 3.31. The van der Waals surface area contributed by atoms with Crippen molar-refractivity contribution in [1.29, 1.82) is 0 Å². The minimum absolute atomic E-state index is 0. The number of carbonyl (C=O) groups is 1. The first kappa shape index (κ1) is 34.3. The van der Waals surface area contributed by atoms with Gasteiger partial charge in [-0.3, -0.25) is 4.79 Å². The van der Waals surface area contributed by atoms with E-state index in [2.05, 4.69) is 63.2 Å². The van der Waals surface area contributed by atoms with E-state index < -0.39 is 0 Å². The summed E-state index contributed by atoms with van der Waals surface area (Å²) in [4.78, 5) is 16.8. The lowest BCUT2D eigenvalue weighted by atomic mass is 9.85. The molecule has 0 saturated carbocycles. The van der Waals surface area contributed by atoms with Crippen LogP contribution < -0.4 is 10.1 Å². The summed E-state index contributed by atoms with van der Waals surface area (Å²) in [7, 11) is 0.